The van der Waals surface area contributed by atoms with Gasteiger partial charge >= 0.3 is 18.2 Å². The molecule has 0 radical (unpaired) electrons. The second-order valence-electron chi connectivity index (χ2n) is 13.5. The van der Waals surface area contributed by atoms with Crippen LogP contribution >= 0.6 is 0 Å². The number of carbonyl (C=O) groups is 2. The summed E-state index contributed by atoms with van der Waals surface area (Å²) >= 11 is 0. The molecule has 1 aliphatic carbocycles. The molecule has 12 heteroatoms. The highest BCUT2D eigenvalue weighted by atomic mass is 16.6. The van der Waals surface area contributed by atoms with Crippen LogP contribution in [0.3, 0.4) is 0 Å². The first-order chi connectivity index (χ1) is 21.9. The molecular formula is C34H41N7O5. The molecule has 0 spiro atoms. The van der Waals surface area contributed by atoms with Gasteiger partial charge in [-0.3, -0.25) is 0 Å². The molecule has 0 bridgehead atoms. The molecule has 3 heterocycles. The Balaban J connectivity index is 1.31. The van der Waals surface area contributed by atoms with Crippen molar-refractivity contribution in [2.24, 2.45) is 0 Å². The number of nitrogens with one attached hydrogen (secondary N) is 1. The minimum absolute atomic E-state index is 0.0898. The molecule has 12 nitrogen and oxygen atoms in total. The van der Waals surface area contributed by atoms with Gasteiger partial charge in [0.1, 0.15) is 18.0 Å². The van der Waals surface area contributed by atoms with Crippen molar-refractivity contribution < 1.29 is 24.2 Å². The lowest BCUT2D eigenvalue weighted by Gasteiger charge is -2.41. The number of nitrogens with zero attached hydrogens (tertiary/aromatic N) is 6. The first-order valence-corrected chi connectivity index (χ1v) is 15.8. The van der Waals surface area contributed by atoms with Crippen molar-refractivity contribution in [3.63, 3.8) is 0 Å². The number of piperazine rings is 1. The minimum Gasteiger partial charge on any atom is -0.465 e. The number of hydrogen-bond donors (Lipinski definition) is 2. The van der Waals surface area contributed by atoms with E-state index in [1.165, 1.54) is 21.2 Å². The molecule has 2 fully saturated rings. The van der Waals surface area contributed by atoms with Gasteiger partial charge in [-0.2, -0.15) is 15.2 Å². The van der Waals surface area contributed by atoms with Gasteiger partial charge in [-0.25, -0.2) is 9.59 Å². The number of aromatic nitrogens is 2. The normalized spacial score (nSPS) is 18.8. The van der Waals surface area contributed by atoms with Crippen LogP contribution in [0, 0.1) is 18.3 Å². The first kappa shape index (κ1) is 31.2. The zero-order valence-corrected chi connectivity index (χ0v) is 26.9. The van der Waals surface area contributed by atoms with E-state index < -0.39 is 29.4 Å². The Morgan fingerprint density at radius 1 is 1.11 bits per heavy atom. The van der Waals surface area contributed by atoms with Crippen LogP contribution in [-0.4, -0.2) is 82.1 Å². The van der Waals surface area contributed by atoms with E-state index in [0.29, 0.717) is 31.9 Å². The first-order valence-electron chi connectivity index (χ1n) is 15.8. The van der Waals surface area contributed by atoms with Gasteiger partial charge in [0.25, 0.3) is 0 Å². The standard InChI is InChI=1S/C34H41N7O5/c1-22-7-5-8-23-9-6-10-27(28(22)23)39-16-12-25-26(20-39)36-30(45-21-34(13-14-34)38-31(42)46-33(2,3)4)37-29(25)40-17-18-41(32(43)44)24(19-40)11-15-35/h5-10,24H,11-14,16-21H2,1-4H3,(H,38,42)(H,43,44)/t24-/m0/s1. The molecule has 3 aliphatic rings. The molecule has 2 aromatic carbocycles. The number of amides is 2. The van der Waals surface area contributed by atoms with Gasteiger partial charge in [0.2, 0.25) is 0 Å². The molecule has 242 valence electrons. The number of aryl methyl sites for hydroxylation is 1. The summed E-state index contributed by atoms with van der Waals surface area (Å²) in [5.41, 5.74) is 3.05. The van der Waals surface area contributed by atoms with E-state index in [1.807, 2.05) is 20.8 Å². The summed E-state index contributed by atoms with van der Waals surface area (Å²) in [6, 6.07) is 14.6. The summed E-state index contributed by atoms with van der Waals surface area (Å²) in [6.45, 7) is 10.2. The molecular weight excluding hydrogens is 586 g/mol. The fourth-order valence-corrected chi connectivity index (χ4v) is 6.45. The lowest BCUT2D eigenvalue weighted by Crippen LogP contribution is -2.55. The smallest absolute Gasteiger partial charge is 0.408 e. The summed E-state index contributed by atoms with van der Waals surface area (Å²) < 4.78 is 11.7. The number of ether oxygens (including phenoxy) is 2. The van der Waals surface area contributed by atoms with Gasteiger partial charge in [0, 0.05) is 42.8 Å². The van der Waals surface area contributed by atoms with Crippen LogP contribution in [0.1, 0.15) is 56.9 Å². The quantitative estimate of drug-likeness (QED) is 0.366. The van der Waals surface area contributed by atoms with Gasteiger partial charge in [-0.1, -0.05) is 30.3 Å². The lowest BCUT2D eigenvalue weighted by molar-refractivity contribution is 0.0474. The summed E-state index contributed by atoms with van der Waals surface area (Å²) in [4.78, 5) is 40.0. The molecule has 46 heavy (non-hydrogen) atoms. The Bertz CT molecular complexity index is 1690. The van der Waals surface area contributed by atoms with Crippen LogP contribution in [0.15, 0.2) is 36.4 Å². The molecule has 1 aromatic heterocycles. The molecule has 2 amide bonds. The number of fused-ring (bicyclic) bond motifs is 2. The third kappa shape index (κ3) is 6.59. The average Bonchev–Trinajstić information content (AvgIpc) is 3.77. The molecule has 3 aromatic rings. The molecule has 0 unspecified atom stereocenters. The fourth-order valence-electron chi connectivity index (χ4n) is 6.45. The predicted molar refractivity (Wildman–Crippen MR) is 173 cm³/mol. The SMILES string of the molecule is Cc1cccc2cccc(N3CCc4c(nc(OCC5(NC(=O)OC(C)(C)C)CC5)nc4N4CCN(C(=O)O)[C@@H](CC#N)C4)C3)c12. The van der Waals surface area contributed by atoms with Gasteiger partial charge in [-0.15, -0.1) is 0 Å². The maximum atomic E-state index is 12.5. The Morgan fingerprint density at radius 3 is 2.57 bits per heavy atom. The van der Waals surface area contributed by atoms with Crippen molar-refractivity contribution in [3.8, 4) is 12.1 Å². The van der Waals surface area contributed by atoms with Gasteiger partial charge in [0.15, 0.2) is 0 Å². The predicted octanol–water partition coefficient (Wildman–Crippen LogP) is 5.02. The van der Waals surface area contributed by atoms with E-state index >= 15 is 0 Å². The Labute approximate surface area is 268 Å². The van der Waals surface area contributed by atoms with E-state index in [4.69, 9.17) is 19.4 Å². The fraction of sp³-hybridized carbons (Fsp3) is 0.500. The Kier molecular flexibility index (Phi) is 8.27. The van der Waals surface area contributed by atoms with Crippen molar-refractivity contribution in [1.29, 1.82) is 5.26 Å². The summed E-state index contributed by atoms with van der Waals surface area (Å²) in [6.07, 6.45) is 0.783. The molecule has 1 atom stereocenters. The monoisotopic (exact) mass is 627 g/mol. The van der Waals surface area contributed by atoms with Crippen LogP contribution < -0.4 is 19.9 Å². The summed E-state index contributed by atoms with van der Waals surface area (Å²) in [5.74, 6) is 0.715. The number of carboxylic acid groups (broad SMARTS) is 1. The van der Waals surface area contributed by atoms with Gasteiger partial charge < -0.3 is 34.6 Å². The van der Waals surface area contributed by atoms with Crippen molar-refractivity contribution >= 4 is 34.5 Å². The van der Waals surface area contributed by atoms with E-state index in [0.717, 1.165) is 36.3 Å². The maximum Gasteiger partial charge on any atom is 0.408 e. The highest BCUT2D eigenvalue weighted by Gasteiger charge is 2.46. The molecule has 6 rings (SSSR count). The summed E-state index contributed by atoms with van der Waals surface area (Å²) in [7, 11) is 0. The van der Waals surface area contributed by atoms with E-state index in [2.05, 4.69) is 64.5 Å². The van der Waals surface area contributed by atoms with Crippen LogP contribution in [-0.2, 0) is 17.7 Å². The zero-order valence-electron chi connectivity index (χ0n) is 26.9. The number of hydrogen-bond acceptors (Lipinski definition) is 9. The minimum atomic E-state index is -1.03. The molecule has 2 aliphatic heterocycles. The van der Waals surface area contributed by atoms with Crippen LogP contribution in [0.4, 0.5) is 21.1 Å². The third-order valence-electron chi connectivity index (χ3n) is 8.91. The second kappa shape index (κ2) is 12.2. The number of nitriles is 1. The number of alkyl carbamates (subject to hydrolysis) is 1. The largest absolute Gasteiger partial charge is 0.465 e. The number of anilines is 2. The van der Waals surface area contributed by atoms with E-state index in [9.17, 15) is 20.0 Å². The lowest BCUT2D eigenvalue weighted by atomic mass is 9.99. The molecule has 1 saturated heterocycles. The van der Waals surface area contributed by atoms with Gasteiger partial charge in [-0.05, 0) is 64.0 Å². The highest BCUT2D eigenvalue weighted by molar-refractivity contribution is 5.97. The second-order valence-corrected chi connectivity index (χ2v) is 13.5. The van der Waals surface area contributed by atoms with Crippen LogP contribution in [0.2, 0.25) is 0 Å². The number of rotatable bonds is 7. The Hall–Kier alpha value is -4.79. The van der Waals surface area contributed by atoms with E-state index in [-0.39, 0.29) is 25.6 Å². The van der Waals surface area contributed by atoms with Crippen molar-refractivity contribution in [1.82, 2.24) is 20.2 Å². The third-order valence-corrected chi connectivity index (χ3v) is 8.91. The maximum absolute atomic E-state index is 12.5. The average molecular weight is 628 g/mol. The highest BCUT2D eigenvalue weighted by Crippen LogP contribution is 2.38. The van der Waals surface area contributed by atoms with E-state index in [1.54, 1.807) is 0 Å². The molecule has 2 N–H and O–H groups in total. The zero-order chi connectivity index (χ0) is 32.6. The van der Waals surface area contributed by atoms with Crippen molar-refractivity contribution in [3.05, 3.63) is 53.2 Å². The topological polar surface area (TPSA) is 144 Å². The van der Waals surface area contributed by atoms with Crippen molar-refractivity contribution in [2.75, 3.05) is 42.6 Å². The van der Waals surface area contributed by atoms with Crippen LogP contribution in [0.5, 0.6) is 6.01 Å². The number of carbonyl (C=O) groups excluding carboxylic acids is 1. The van der Waals surface area contributed by atoms with Crippen molar-refractivity contribution in [2.45, 2.75) is 77.1 Å². The molecule has 1 saturated carbocycles. The van der Waals surface area contributed by atoms with Crippen LogP contribution in [0.25, 0.3) is 10.8 Å². The summed E-state index contributed by atoms with van der Waals surface area (Å²) in [5, 5.41) is 24.6. The number of benzene rings is 2. The van der Waals surface area contributed by atoms with Gasteiger partial charge in [0.05, 0.1) is 36.3 Å². The Morgan fingerprint density at radius 2 is 1.87 bits per heavy atom.